The van der Waals surface area contributed by atoms with Crippen LogP contribution in [-0.2, 0) is 49.7 Å². The van der Waals surface area contributed by atoms with Gasteiger partial charge in [-0.1, -0.05) is 84.0 Å². The SMILES string of the molecule is COc1ccc(COC(=O)C2=C(CCl)CS[C@@H]3[C@H](NC(=O)C(=NOC(C(=O)OC(c4ccccc4)c4ccccc4)c4ccc(OC(C)=O)c(OC(C)=O)c4)c4csc(N)n4)C(=O)N23)cc1. The number of rotatable bonds is 17. The van der Waals surface area contributed by atoms with Gasteiger partial charge in [-0.3, -0.25) is 24.1 Å². The molecule has 0 aliphatic carbocycles. The number of nitrogens with one attached hydrogen (secondary N) is 1. The number of methoxy groups -OCH3 is 1. The molecule has 1 aromatic heterocycles. The molecule has 4 aromatic carbocycles. The first-order valence-electron chi connectivity index (χ1n) is 19.9. The van der Waals surface area contributed by atoms with Crippen molar-refractivity contribution in [2.75, 3.05) is 24.5 Å². The van der Waals surface area contributed by atoms with Crippen molar-refractivity contribution in [3.63, 3.8) is 0 Å². The summed E-state index contributed by atoms with van der Waals surface area (Å²) in [6.45, 7) is 2.20. The summed E-state index contributed by atoms with van der Waals surface area (Å²) in [5.41, 5.74) is 7.81. The fraction of sp³-hybridized carbons (Fsp3) is 0.217. The minimum Gasteiger partial charge on any atom is -0.497 e. The average Bonchev–Trinajstić information content (AvgIpc) is 3.76. The summed E-state index contributed by atoms with van der Waals surface area (Å²) >= 11 is 8.50. The van der Waals surface area contributed by atoms with Gasteiger partial charge in [-0.05, 0) is 46.5 Å². The number of thioether (sulfide) groups is 1. The molecule has 66 heavy (non-hydrogen) atoms. The van der Waals surface area contributed by atoms with Gasteiger partial charge in [-0.15, -0.1) is 34.7 Å². The van der Waals surface area contributed by atoms with Gasteiger partial charge in [0.2, 0.25) is 6.10 Å². The minimum atomic E-state index is -1.78. The van der Waals surface area contributed by atoms with Crippen LogP contribution in [0.15, 0.2) is 125 Å². The highest BCUT2D eigenvalue weighted by Gasteiger charge is 2.54. The van der Waals surface area contributed by atoms with E-state index in [1.54, 1.807) is 84.9 Å². The lowest BCUT2D eigenvalue weighted by molar-refractivity contribution is -0.162. The van der Waals surface area contributed by atoms with Crippen LogP contribution in [0.5, 0.6) is 17.2 Å². The Bertz CT molecular complexity index is 2660. The third-order valence-electron chi connectivity index (χ3n) is 9.88. The molecule has 3 N–H and O–H groups in total. The Morgan fingerprint density at radius 1 is 0.894 bits per heavy atom. The van der Waals surface area contributed by atoms with Crippen LogP contribution in [0.1, 0.15) is 54.0 Å². The average molecular weight is 954 g/mol. The fourth-order valence-corrected chi connectivity index (χ4v) is 9.02. The topological polar surface area (TPSA) is 224 Å². The first-order chi connectivity index (χ1) is 31.8. The molecule has 3 heterocycles. The van der Waals surface area contributed by atoms with E-state index in [2.05, 4.69) is 15.5 Å². The van der Waals surface area contributed by atoms with E-state index in [1.165, 1.54) is 47.4 Å². The van der Waals surface area contributed by atoms with Crippen molar-refractivity contribution >= 4 is 81.2 Å². The van der Waals surface area contributed by atoms with Gasteiger partial charge < -0.3 is 39.6 Å². The Morgan fingerprint density at radius 3 is 2.14 bits per heavy atom. The van der Waals surface area contributed by atoms with Crippen LogP contribution in [0, 0.1) is 0 Å². The standard InChI is InChI=1S/C46H40ClN5O12S2/c1-25(53)61-34-19-16-30(20-35(34)62-26(2)54)40(45(58)63-39(28-10-6-4-7-11-28)29-12-8-5-9-13-29)64-51-36(33-24-66-46(48)49-33)41(55)50-37-42(56)52-38(31(21-47)23-65-43(37)52)44(57)60-22-27-14-17-32(59-3)18-15-27/h4-20,24,37,39-40,43H,21-23H2,1-3H3,(H2,48,49)(H,50,55)/t37-,40?,43-/m1/s1. The number of ether oxygens (including phenoxy) is 5. The number of alkyl halides is 1. The van der Waals surface area contributed by atoms with E-state index in [-0.39, 0.29) is 51.8 Å². The van der Waals surface area contributed by atoms with Crippen LogP contribution >= 0.6 is 34.7 Å². The monoisotopic (exact) mass is 953 g/mol. The van der Waals surface area contributed by atoms with Crippen LogP contribution < -0.4 is 25.3 Å². The smallest absolute Gasteiger partial charge is 0.355 e. The Balaban J connectivity index is 1.18. The van der Waals surface area contributed by atoms with Gasteiger partial charge in [0, 0.05) is 36.4 Å². The number of thiazole rings is 1. The fourth-order valence-electron chi connectivity index (χ4n) is 6.79. The highest BCUT2D eigenvalue weighted by molar-refractivity contribution is 8.00. The van der Waals surface area contributed by atoms with Crippen molar-refractivity contribution in [2.45, 2.75) is 44.1 Å². The molecule has 3 atom stereocenters. The lowest BCUT2D eigenvalue weighted by atomic mass is 10.0. The first-order valence-corrected chi connectivity index (χ1v) is 22.4. The predicted molar refractivity (Wildman–Crippen MR) is 242 cm³/mol. The van der Waals surface area contributed by atoms with E-state index in [0.717, 1.165) is 25.2 Å². The quantitative estimate of drug-likeness (QED) is 0.0272. The molecule has 340 valence electrons. The Labute approximate surface area is 390 Å². The highest BCUT2D eigenvalue weighted by Crippen LogP contribution is 2.41. The van der Waals surface area contributed by atoms with E-state index < -0.39 is 65.0 Å². The van der Waals surface area contributed by atoms with E-state index >= 15 is 0 Å². The zero-order valence-electron chi connectivity index (χ0n) is 35.3. The molecule has 5 aromatic rings. The van der Waals surface area contributed by atoms with E-state index in [1.807, 2.05) is 0 Å². The number of oxime groups is 1. The number of nitrogens with zero attached hydrogens (tertiary/aromatic N) is 3. The number of carbonyl (C=O) groups excluding carboxylic acids is 6. The normalized spacial score (nSPS) is 16.0. The Hall–Kier alpha value is -7.22. The number of halogens is 1. The summed E-state index contributed by atoms with van der Waals surface area (Å²) in [6, 6.07) is 27.4. The molecule has 1 saturated heterocycles. The summed E-state index contributed by atoms with van der Waals surface area (Å²) in [7, 11) is 1.54. The van der Waals surface area contributed by atoms with Crippen molar-refractivity contribution in [3.05, 3.63) is 148 Å². The van der Waals surface area contributed by atoms with Gasteiger partial charge in [0.1, 0.15) is 35.2 Å². The van der Waals surface area contributed by atoms with Crippen LogP contribution in [0.2, 0.25) is 0 Å². The van der Waals surface area contributed by atoms with Gasteiger partial charge >= 0.3 is 23.9 Å². The Morgan fingerprint density at radius 2 is 1.55 bits per heavy atom. The number of nitrogens with two attached hydrogens (primary N) is 1. The largest absolute Gasteiger partial charge is 0.497 e. The number of benzene rings is 4. The number of carbonyl (C=O) groups is 6. The number of anilines is 1. The molecule has 2 aliphatic heterocycles. The second kappa shape index (κ2) is 21.2. The van der Waals surface area contributed by atoms with Crippen molar-refractivity contribution in [2.24, 2.45) is 5.16 Å². The number of nitrogen functional groups attached to an aromatic ring is 1. The summed E-state index contributed by atoms with van der Waals surface area (Å²) in [4.78, 5) is 91.6. The lowest BCUT2D eigenvalue weighted by Gasteiger charge is -2.49. The van der Waals surface area contributed by atoms with Crippen molar-refractivity contribution in [3.8, 4) is 17.2 Å². The number of β-lactam (4-membered cyclic amide) rings is 1. The third-order valence-corrected chi connectivity index (χ3v) is 12.2. The second-order valence-corrected chi connectivity index (χ2v) is 16.7. The van der Waals surface area contributed by atoms with E-state index in [9.17, 15) is 28.8 Å². The van der Waals surface area contributed by atoms with Crippen molar-refractivity contribution < 1.29 is 57.3 Å². The summed E-state index contributed by atoms with van der Waals surface area (Å²) < 4.78 is 27.5. The molecule has 2 aliphatic rings. The zero-order valence-corrected chi connectivity index (χ0v) is 37.7. The highest BCUT2D eigenvalue weighted by atomic mass is 35.5. The number of hydrogen-bond donors (Lipinski definition) is 2. The molecule has 20 heteroatoms. The van der Waals surface area contributed by atoms with Crippen LogP contribution in [-0.4, -0.2) is 81.4 Å². The summed E-state index contributed by atoms with van der Waals surface area (Å²) in [5.74, 6) is -4.36. The first kappa shape index (κ1) is 46.8. The predicted octanol–water partition coefficient (Wildman–Crippen LogP) is 6.02. The molecule has 2 amide bonds. The van der Waals surface area contributed by atoms with Crippen LogP contribution in [0.25, 0.3) is 0 Å². The van der Waals surface area contributed by atoms with Crippen LogP contribution in [0.3, 0.4) is 0 Å². The third kappa shape index (κ3) is 10.8. The summed E-state index contributed by atoms with van der Waals surface area (Å²) in [5, 5.41) is 7.57. The minimum absolute atomic E-state index is 0.00466. The number of amides is 2. The maximum absolute atomic E-state index is 14.5. The van der Waals surface area contributed by atoms with Crippen molar-refractivity contribution in [1.29, 1.82) is 0 Å². The number of esters is 4. The van der Waals surface area contributed by atoms with Gasteiger partial charge in [-0.2, -0.15) is 0 Å². The summed E-state index contributed by atoms with van der Waals surface area (Å²) in [6.07, 6.45) is -2.73. The molecule has 7 rings (SSSR count). The zero-order chi connectivity index (χ0) is 46.9. The van der Waals surface area contributed by atoms with Gasteiger partial charge in [-0.25, -0.2) is 14.6 Å². The van der Waals surface area contributed by atoms with Gasteiger partial charge in [0.15, 0.2) is 28.4 Å². The van der Waals surface area contributed by atoms with Crippen molar-refractivity contribution in [1.82, 2.24) is 15.2 Å². The molecule has 0 radical (unpaired) electrons. The van der Waals surface area contributed by atoms with Gasteiger partial charge in [0.05, 0.1) is 7.11 Å². The number of fused-ring (bicyclic) bond motifs is 1. The second-order valence-electron chi connectivity index (χ2n) is 14.4. The van der Waals surface area contributed by atoms with Crippen LogP contribution in [0.4, 0.5) is 5.13 Å². The maximum Gasteiger partial charge on any atom is 0.355 e. The molecule has 0 saturated carbocycles. The lowest BCUT2D eigenvalue weighted by Crippen LogP contribution is -2.71. The maximum atomic E-state index is 14.5. The number of hydrogen-bond acceptors (Lipinski definition) is 17. The van der Waals surface area contributed by atoms with Gasteiger partial charge in [0.25, 0.3) is 11.8 Å². The molecular weight excluding hydrogens is 914 g/mol. The van der Waals surface area contributed by atoms with E-state index in [0.29, 0.717) is 28.0 Å². The molecule has 17 nitrogen and oxygen atoms in total. The van der Waals surface area contributed by atoms with E-state index in [4.69, 9.17) is 45.9 Å². The Kier molecular flexibility index (Phi) is 15.0. The molecule has 0 bridgehead atoms. The molecule has 1 unspecified atom stereocenters. The number of aromatic nitrogens is 1. The molecular formula is C46H40ClN5O12S2. The molecule has 0 spiro atoms. The molecule has 1 fully saturated rings.